The van der Waals surface area contributed by atoms with Gasteiger partial charge in [-0.1, -0.05) is 0 Å². The van der Waals surface area contributed by atoms with Gasteiger partial charge in [0.05, 0.1) is 33.0 Å². The number of aromatic nitrogens is 1. The first kappa shape index (κ1) is 25.0. The van der Waals surface area contributed by atoms with Crippen molar-refractivity contribution in [3.05, 3.63) is 78.7 Å². The van der Waals surface area contributed by atoms with E-state index in [-0.39, 0.29) is 13.2 Å². The minimum atomic E-state index is -1.39. The second kappa shape index (κ2) is 10.3. The van der Waals surface area contributed by atoms with Crippen molar-refractivity contribution in [1.29, 1.82) is 0 Å². The highest BCUT2D eigenvalue weighted by molar-refractivity contribution is 6.15. The maximum atomic E-state index is 13.2. The van der Waals surface area contributed by atoms with E-state index in [4.69, 9.17) is 18.9 Å². The summed E-state index contributed by atoms with van der Waals surface area (Å²) in [5.41, 5.74) is 0.154. The summed E-state index contributed by atoms with van der Waals surface area (Å²) >= 11 is 0. The number of rotatable bonds is 8. The number of ether oxygens (including phenoxy) is 4. The van der Waals surface area contributed by atoms with Gasteiger partial charge in [0.1, 0.15) is 17.3 Å². The number of hydrogen-bond acceptors (Lipinski definition) is 7. The van der Waals surface area contributed by atoms with Gasteiger partial charge in [0, 0.05) is 29.0 Å². The van der Waals surface area contributed by atoms with Crippen LogP contribution in [0.3, 0.4) is 0 Å². The Labute approximate surface area is 217 Å². The highest BCUT2D eigenvalue weighted by Crippen LogP contribution is 2.37. The minimum Gasteiger partial charge on any atom is -0.493 e. The van der Waals surface area contributed by atoms with Crippen LogP contribution in [0.5, 0.6) is 23.0 Å². The summed E-state index contributed by atoms with van der Waals surface area (Å²) in [5, 5.41) is 6.17. The molecular formula is C28H24FN3O6. The first-order valence-electron chi connectivity index (χ1n) is 11.7. The van der Waals surface area contributed by atoms with E-state index >= 15 is 0 Å². The van der Waals surface area contributed by atoms with E-state index in [1.54, 1.807) is 62.9 Å². The van der Waals surface area contributed by atoms with Crippen LogP contribution < -0.4 is 24.8 Å². The van der Waals surface area contributed by atoms with E-state index in [0.717, 1.165) is 5.39 Å². The summed E-state index contributed by atoms with van der Waals surface area (Å²) in [6, 6.07) is 17.4. The molecule has 194 valence electrons. The number of pyridine rings is 1. The van der Waals surface area contributed by atoms with Crippen molar-refractivity contribution in [2.75, 3.05) is 38.1 Å². The fraction of sp³-hybridized carbons (Fsp3) is 0.179. The number of amides is 2. The second-order valence-electron chi connectivity index (χ2n) is 8.65. The lowest BCUT2D eigenvalue weighted by Gasteiger charge is -2.38. The summed E-state index contributed by atoms with van der Waals surface area (Å²) in [4.78, 5) is 30.3. The van der Waals surface area contributed by atoms with Gasteiger partial charge in [-0.05, 0) is 60.7 Å². The summed E-state index contributed by atoms with van der Waals surface area (Å²) < 4.78 is 35.2. The third kappa shape index (κ3) is 4.81. The van der Waals surface area contributed by atoms with E-state index in [2.05, 4.69) is 15.6 Å². The normalized spacial score (nSPS) is 13.8. The highest BCUT2D eigenvalue weighted by Gasteiger charge is 2.52. The van der Waals surface area contributed by atoms with Crippen molar-refractivity contribution < 1.29 is 32.9 Å². The predicted octanol–water partition coefficient (Wildman–Crippen LogP) is 4.78. The van der Waals surface area contributed by atoms with Gasteiger partial charge in [0.25, 0.3) is 0 Å². The molecular weight excluding hydrogens is 493 g/mol. The molecule has 10 heteroatoms. The Balaban J connectivity index is 1.29. The number of benzene rings is 3. The van der Waals surface area contributed by atoms with Crippen molar-refractivity contribution in [3.8, 4) is 23.0 Å². The number of nitrogens with zero attached hydrogens (tertiary/aromatic N) is 1. The zero-order chi connectivity index (χ0) is 26.7. The topological polar surface area (TPSA) is 108 Å². The largest absolute Gasteiger partial charge is 0.493 e. The van der Waals surface area contributed by atoms with Gasteiger partial charge in [0.15, 0.2) is 16.9 Å². The molecule has 3 aromatic carbocycles. The molecule has 2 amide bonds. The maximum Gasteiger partial charge on any atom is 0.244 e. The van der Waals surface area contributed by atoms with Crippen molar-refractivity contribution in [1.82, 2.24) is 4.98 Å². The average molecular weight is 518 g/mol. The number of carbonyl (C=O) groups excluding carboxylic acids is 2. The highest BCUT2D eigenvalue weighted by atomic mass is 19.1. The van der Waals surface area contributed by atoms with Gasteiger partial charge >= 0.3 is 0 Å². The van der Waals surface area contributed by atoms with Crippen molar-refractivity contribution >= 4 is 34.1 Å². The summed E-state index contributed by atoms with van der Waals surface area (Å²) in [6.07, 6.45) is 1.63. The van der Waals surface area contributed by atoms with Crippen LogP contribution >= 0.6 is 0 Å². The van der Waals surface area contributed by atoms with Crippen molar-refractivity contribution in [3.63, 3.8) is 0 Å². The molecule has 5 rings (SSSR count). The van der Waals surface area contributed by atoms with Crippen LogP contribution in [0.15, 0.2) is 72.9 Å². The first-order valence-corrected chi connectivity index (χ1v) is 11.7. The van der Waals surface area contributed by atoms with E-state index in [1.807, 2.05) is 0 Å². The molecule has 0 bridgehead atoms. The van der Waals surface area contributed by atoms with Gasteiger partial charge in [-0.15, -0.1) is 0 Å². The second-order valence-corrected chi connectivity index (χ2v) is 8.65. The quantitative estimate of drug-likeness (QED) is 0.324. The van der Waals surface area contributed by atoms with E-state index in [9.17, 15) is 14.0 Å². The summed E-state index contributed by atoms with van der Waals surface area (Å²) in [7, 11) is 3.11. The van der Waals surface area contributed by atoms with Crippen LogP contribution in [0.25, 0.3) is 10.9 Å². The Kier molecular flexibility index (Phi) is 6.80. The maximum absolute atomic E-state index is 13.2. The number of anilines is 2. The zero-order valence-electron chi connectivity index (χ0n) is 20.6. The molecule has 2 N–H and O–H groups in total. The third-order valence-corrected chi connectivity index (χ3v) is 6.22. The van der Waals surface area contributed by atoms with Crippen LogP contribution in [0.2, 0.25) is 0 Å². The molecule has 0 atom stereocenters. The molecule has 1 aliphatic heterocycles. The number of nitrogens with one attached hydrogen (secondary N) is 2. The molecule has 0 spiro atoms. The van der Waals surface area contributed by atoms with Gasteiger partial charge in [-0.3, -0.25) is 14.6 Å². The molecule has 1 aromatic heterocycles. The Morgan fingerprint density at radius 3 is 1.97 bits per heavy atom. The lowest BCUT2D eigenvalue weighted by molar-refractivity contribution is -0.166. The van der Waals surface area contributed by atoms with Crippen LogP contribution in [0.4, 0.5) is 15.8 Å². The molecule has 1 saturated heterocycles. The Hall–Kier alpha value is -4.70. The molecule has 9 nitrogen and oxygen atoms in total. The van der Waals surface area contributed by atoms with Crippen LogP contribution in [0.1, 0.15) is 0 Å². The number of methoxy groups -OCH3 is 2. The molecule has 2 heterocycles. The lowest BCUT2D eigenvalue weighted by Crippen LogP contribution is -2.59. The SMILES string of the molecule is COc1cc2nccc(Oc3ccc(NC(=O)C4(C(=O)Nc5ccc(F)cc5)COC4)cc3)c2cc1OC. The fourth-order valence-electron chi connectivity index (χ4n) is 3.98. The Morgan fingerprint density at radius 1 is 0.842 bits per heavy atom. The summed E-state index contributed by atoms with van der Waals surface area (Å²) in [6.45, 7) is -0.118. The van der Waals surface area contributed by atoms with E-state index < -0.39 is 23.0 Å². The molecule has 0 radical (unpaired) electrons. The first-order chi connectivity index (χ1) is 18.4. The molecule has 38 heavy (non-hydrogen) atoms. The van der Waals surface area contributed by atoms with Crippen LogP contribution in [0, 0.1) is 11.2 Å². The van der Waals surface area contributed by atoms with Crippen molar-refractivity contribution in [2.24, 2.45) is 5.41 Å². The van der Waals surface area contributed by atoms with Gasteiger partial charge in [0.2, 0.25) is 11.8 Å². The van der Waals surface area contributed by atoms with Crippen LogP contribution in [-0.2, 0) is 14.3 Å². The number of carbonyl (C=O) groups is 2. The fourth-order valence-corrected chi connectivity index (χ4v) is 3.98. The zero-order valence-corrected chi connectivity index (χ0v) is 20.6. The lowest BCUT2D eigenvalue weighted by atomic mass is 9.83. The van der Waals surface area contributed by atoms with Crippen molar-refractivity contribution in [2.45, 2.75) is 0 Å². The van der Waals surface area contributed by atoms with E-state index in [0.29, 0.717) is 39.9 Å². The van der Waals surface area contributed by atoms with Gasteiger partial charge < -0.3 is 29.6 Å². The van der Waals surface area contributed by atoms with Crippen LogP contribution in [-0.4, -0.2) is 44.2 Å². The average Bonchev–Trinajstić information content (AvgIpc) is 2.90. The monoisotopic (exact) mass is 517 g/mol. The molecule has 4 aromatic rings. The molecule has 0 aliphatic carbocycles. The molecule has 0 unspecified atom stereocenters. The smallest absolute Gasteiger partial charge is 0.244 e. The molecule has 1 fully saturated rings. The van der Waals surface area contributed by atoms with Gasteiger partial charge in [-0.2, -0.15) is 0 Å². The molecule has 1 aliphatic rings. The Morgan fingerprint density at radius 2 is 1.42 bits per heavy atom. The number of fused-ring (bicyclic) bond motifs is 1. The molecule has 0 saturated carbocycles. The Bertz CT molecular complexity index is 1490. The summed E-state index contributed by atoms with van der Waals surface area (Å²) in [5.74, 6) is 0.755. The van der Waals surface area contributed by atoms with Gasteiger partial charge in [-0.25, -0.2) is 4.39 Å². The number of hydrogen-bond donors (Lipinski definition) is 2. The van der Waals surface area contributed by atoms with E-state index in [1.165, 1.54) is 24.3 Å². The third-order valence-electron chi connectivity index (χ3n) is 6.22. The number of halogens is 1. The standard InChI is InChI=1S/C28H24FN3O6/c1-35-24-13-21-22(14-25(24)36-2)30-12-11-23(21)38-20-9-7-19(8-10-20)32-27(34)28(15-37-16-28)26(33)31-18-5-3-17(29)4-6-18/h3-14H,15-16H2,1-2H3,(H,31,33)(H,32,34). The predicted molar refractivity (Wildman–Crippen MR) is 138 cm³/mol. The minimum absolute atomic E-state index is 0.0591.